The molecule has 1 aliphatic carbocycles. The van der Waals surface area contributed by atoms with Gasteiger partial charge in [0, 0.05) is 48.1 Å². The van der Waals surface area contributed by atoms with Crippen molar-refractivity contribution in [1.82, 2.24) is 40.1 Å². The Balaban J connectivity index is 1.13. The predicted molar refractivity (Wildman–Crippen MR) is 147 cm³/mol. The molecular weight excluding hydrogens is 514 g/mol. The molecule has 5 heterocycles. The lowest BCUT2D eigenvalue weighted by Gasteiger charge is -2.20. The summed E-state index contributed by atoms with van der Waals surface area (Å²) in [7, 11) is 0. The predicted octanol–water partition coefficient (Wildman–Crippen LogP) is 3.80. The van der Waals surface area contributed by atoms with Gasteiger partial charge in [-0.05, 0) is 83.1 Å². The number of aromatic nitrogens is 7. The van der Waals surface area contributed by atoms with Gasteiger partial charge < -0.3 is 14.8 Å². The summed E-state index contributed by atoms with van der Waals surface area (Å²) < 4.78 is 3.56. The number of carbonyl (C=O) groups is 1. The summed E-state index contributed by atoms with van der Waals surface area (Å²) in [5.74, 6) is 2.57. The number of hydrogen-bond donors (Lipinski definition) is 1. The summed E-state index contributed by atoms with van der Waals surface area (Å²) in [5.41, 5.74) is 4.94. The average Bonchev–Trinajstić information content (AvgIpc) is 3.33. The van der Waals surface area contributed by atoms with Crippen molar-refractivity contribution in [2.24, 2.45) is 11.8 Å². The second kappa shape index (κ2) is 9.46. The molecule has 5 aromatic rings. The summed E-state index contributed by atoms with van der Waals surface area (Å²) in [6.07, 6.45) is 6.49. The number of benzene rings is 1. The quantitative estimate of drug-likeness (QED) is 0.335. The summed E-state index contributed by atoms with van der Waals surface area (Å²) >= 11 is 6.24. The zero-order valence-corrected chi connectivity index (χ0v) is 22.1. The molecule has 39 heavy (non-hydrogen) atoms. The van der Waals surface area contributed by atoms with E-state index in [4.69, 9.17) is 16.6 Å². The molecule has 0 radical (unpaired) electrons. The van der Waals surface area contributed by atoms with Crippen LogP contribution in [0.4, 0.5) is 5.82 Å². The number of amides is 1. The van der Waals surface area contributed by atoms with Crippen LogP contribution in [0.15, 0.2) is 61.2 Å². The molecular formula is C28H26ClN9O. The highest BCUT2D eigenvalue weighted by Gasteiger charge is 2.45. The van der Waals surface area contributed by atoms with Gasteiger partial charge in [0.05, 0.1) is 17.8 Å². The highest BCUT2D eigenvalue weighted by molar-refractivity contribution is 6.30. The number of carbonyl (C=O) groups excluding carboxylic acids is 1. The van der Waals surface area contributed by atoms with Crippen LogP contribution >= 0.6 is 11.6 Å². The third kappa shape index (κ3) is 4.50. The van der Waals surface area contributed by atoms with Crippen molar-refractivity contribution in [3.05, 3.63) is 88.6 Å². The number of rotatable bonds is 7. The molecule has 1 aromatic carbocycles. The van der Waals surface area contributed by atoms with Gasteiger partial charge in [-0.1, -0.05) is 17.7 Å². The van der Waals surface area contributed by atoms with E-state index in [9.17, 15) is 4.79 Å². The van der Waals surface area contributed by atoms with Gasteiger partial charge in [0.1, 0.15) is 17.8 Å². The Hall–Kier alpha value is -4.31. The van der Waals surface area contributed by atoms with Crippen molar-refractivity contribution in [3.63, 3.8) is 0 Å². The van der Waals surface area contributed by atoms with Crippen molar-refractivity contribution in [2.75, 3.05) is 18.0 Å². The third-order valence-corrected chi connectivity index (χ3v) is 8.01. The third-order valence-electron chi connectivity index (χ3n) is 7.78. The Bertz CT molecular complexity index is 1690. The van der Waals surface area contributed by atoms with Crippen LogP contribution in [0.5, 0.6) is 0 Å². The van der Waals surface area contributed by atoms with Crippen LogP contribution in [-0.4, -0.2) is 53.7 Å². The minimum atomic E-state index is -0.202. The van der Waals surface area contributed by atoms with E-state index in [1.54, 1.807) is 23.0 Å². The van der Waals surface area contributed by atoms with E-state index in [1.807, 2.05) is 29.0 Å². The van der Waals surface area contributed by atoms with Crippen molar-refractivity contribution >= 4 is 34.4 Å². The highest BCUT2D eigenvalue weighted by Crippen LogP contribution is 2.46. The number of nitrogens with one attached hydrogen (secondary N) is 1. The topological polar surface area (TPSA) is 107 Å². The van der Waals surface area contributed by atoms with Crippen molar-refractivity contribution in [2.45, 2.75) is 26.4 Å². The van der Waals surface area contributed by atoms with Gasteiger partial charge in [-0.3, -0.25) is 4.79 Å². The van der Waals surface area contributed by atoms with E-state index in [-0.39, 0.29) is 12.5 Å². The molecule has 0 spiro atoms. The summed E-state index contributed by atoms with van der Waals surface area (Å²) in [5, 5.41) is 15.8. The Morgan fingerprint density at radius 1 is 1.13 bits per heavy atom. The van der Waals surface area contributed by atoms with E-state index in [0.29, 0.717) is 17.1 Å². The van der Waals surface area contributed by atoms with Gasteiger partial charge in [-0.15, -0.1) is 5.10 Å². The van der Waals surface area contributed by atoms with E-state index < -0.39 is 0 Å². The minimum Gasteiger partial charge on any atom is -0.356 e. The number of halogens is 1. The monoisotopic (exact) mass is 539 g/mol. The van der Waals surface area contributed by atoms with E-state index in [1.165, 1.54) is 12.7 Å². The molecule has 196 valence electrons. The van der Waals surface area contributed by atoms with Gasteiger partial charge in [0.15, 0.2) is 0 Å². The van der Waals surface area contributed by atoms with Crippen molar-refractivity contribution in [1.29, 1.82) is 0 Å². The lowest BCUT2D eigenvalue weighted by molar-refractivity contribution is 0.0952. The lowest BCUT2D eigenvalue weighted by atomic mass is 10.1. The van der Waals surface area contributed by atoms with E-state index >= 15 is 0 Å². The molecule has 1 N–H and O–H groups in total. The van der Waals surface area contributed by atoms with Crippen LogP contribution in [0.1, 0.15) is 33.6 Å². The number of hydrogen-bond acceptors (Lipinski definition) is 7. The first-order chi connectivity index (χ1) is 19.0. The summed E-state index contributed by atoms with van der Waals surface area (Å²) in [6, 6.07) is 13.4. The number of pyridine rings is 2. The van der Waals surface area contributed by atoms with Crippen molar-refractivity contribution < 1.29 is 4.79 Å². The second-order valence-corrected chi connectivity index (χ2v) is 10.8. The molecule has 2 fully saturated rings. The molecule has 1 saturated heterocycles. The molecule has 2 aliphatic rings. The molecule has 0 bridgehead atoms. The smallest absolute Gasteiger partial charge is 0.253 e. The molecule has 4 aromatic heterocycles. The van der Waals surface area contributed by atoms with Gasteiger partial charge >= 0.3 is 0 Å². The maximum Gasteiger partial charge on any atom is 0.253 e. The second-order valence-electron chi connectivity index (χ2n) is 10.3. The van der Waals surface area contributed by atoms with Crippen LogP contribution in [0.2, 0.25) is 5.02 Å². The Labute approximate surface area is 229 Å². The minimum absolute atomic E-state index is 0.202. The molecule has 1 saturated carbocycles. The Kier molecular flexibility index (Phi) is 5.77. The van der Waals surface area contributed by atoms with Gasteiger partial charge in [-0.25, -0.2) is 14.6 Å². The molecule has 2 unspecified atom stereocenters. The number of tetrazole rings is 1. The summed E-state index contributed by atoms with van der Waals surface area (Å²) in [4.78, 5) is 25.3. The van der Waals surface area contributed by atoms with Gasteiger partial charge in [0.25, 0.3) is 5.91 Å². The highest BCUT2D eigenvalue weighted by atomic mass is 35.5. The zero-order chi connectivity index (χ0) is 26.5. The van der Waals surface area contributed by atoms with Gasteiger partial charge in [0.2, 0.25) is 0 Å². The van der Waals surface area contributed by atoms with Crippen LogP contribution in [0.25, 0.3) is 16.7 Å². The normalized spacial score (nSPS) is 17.9. The number of aryl methyl sites for hydroxylation is 1. The fourth-order valence-corrected chi connectivity index (χ4v) is 5.77. The Morgan fingerprint density at radius 2 is 2.00 bits per heavy atom. The molecule has 11 heteroatoms. The average molecular weight is 540 g/mol. The molecule has 7 rings (SSSR count). The van der Waals surface area contributed by atoms with E-state index in [2.05, 4.69) is 49.8 Å². The first-order valence-corrected chi connectivity index (χ1v) is 13.4. The van der Waals surface area contributed by atoms with Crippen molar-refractivity contribution in [3.8, 4) is 5.69 Å². The van der Waals surface area contributed by atoms with Gasteiger partial charge in [-0.2, -0.15) is 0 Å². The Morgan fingerprint density at radius 3 is 2.79 bits per heavy atom. The van der Waals surface area contributed by atoms with Crippen LogP contribution in [-0.2, 0) is 13.1 Å². The number of anilines is 1. The molecule has 1 aliphatic heterocycles. The number of piperidine rings is 1. The maximum atomic E-state index is 13.4. The fraction of sp³-hybridized carbons (Fsp3) is 0.286. The van der Waals surface area contributed by atoms with Crippen LogP contribution < -0.4 is 10.2 Å². The molecule has 10 nitrogen and oxygen atoms in total. The fourth-order valence-electron chi connectivity index (χ4n) is 5.57. The largest absolute Gasteiger partial charge is 0.356 e. The first-order valence-electron chi connectivity index (χ1n) is 13.0. The lowest BCUT2D eigenvalue weighted by Crippen LogP contribution is -2.23. The summed E-state index contributed by atoms with van der Waals surface area (Å²) in [6.45, 7) is 5.11. The SMILES string of the molecule is Cc1nc(N2CC3CC3C2)ccc1Cn1cc(C(=O)NCc2cc(Cl)ccc2-n2cnnn2)c2cccnc21. The number of fused-ring (bicyclic) bond motifs is 2. The van der Waals surface area contributed by atoms with Crippen LogP contribution in [0, 0.1) is 18.8 Å². The standard InChI is InChI=1S/C28H26ClN9O/c1-17-18(4-7-26(33-17)36-13-20-9-21(20)14-36)12-37-15-24(23-3-2-8-30-27(23)37)28(39)31-11-19-10-22(29)5-6-25(19)38-16-32-34-35-38/h2-8,10,15-16,20-21H,9,11-14H2,1H3,(H,31,39). The maximum absolute atomic E-state index is 13.4. The molecule has 1 amide bonds. The first kappa shape index (κ1) is 23.8. The zero-order valence-electron chi connectivity index (χ0n) is 21.3. The van der Waals surface area contributed by atoms with E-state index in [0.717, 1.165) is 64.3 Å². The van der Waals surface area contributed by atoms with Crippen LogP contribution in [0.3, 0.4) is 0 Å². The molecule has 2 atom stereocenters. The number of nitrogens with zero attached hydrogens (tertiary/aromatic N) is 8.